The number of amides is 1. The van der Waals surface area contributed by atoms with Crippen LogP contribution in [-0.4, -0.2) is 20.9 Å². The number of carbonyl (C=O) groups excluding carboxylic acids is 1. The van der Waals surface area contributed by atoms with Gasteiger partial charge in [0.15, 0.2) is 0 Å². The van der Waals surface area contributed by atoms with Gasteiger partial charge in [0.05, 0.1) is 5.02 Å². The van der Waals surface area contributed by atoms with Gasteiger partial charge in [-0.25, -0.2) is 13.1 Å². The maximum absolute atomic E-state index is 12.3. The Kier molecular flexibility index (Phi) is 6.61. The largest absolute Gasteiger partial charge is 0.348 e. The summed E-state index contributed by atoms with van der Waals surface area (Å²) in [6.07, 6.45) is 1.41. The Morgan fingerprint density at radius 3 is 2.52 bits per heavy atom. The van der Waals surface area contributed by atoms with Crippen molar-refractivity contribution in [1.29, 1.82) is 0 Å². The van der Waals surface area contributed by atoms with Crippen LogP contribution in [0.15, 0.2) is 60.0 Å². The average molecular weight is 399 g/mol. The van der Waals surface area contributed by atoms with Gasteiger partial charge in [-0.05, 0) is 29.8 Å². The van der Waals surface area contributed by atoms with E-state index in [9.17, 15) is 13.2 Å². The zero-order chi connectivity index (χ0) is 18.4. The van der Waals surface area contributed by atoms with Gasteiger partial charge in [0.2, 0.25) is 10.0 Å². The molecule has 0 saturated carbocycles. The zero-order valence-corrected chi connectivity index (χ0v) is 15.5. The lowest BCUT2D eigenvalue weighted by atomic mass is 10.2. The third-order valence-electron chi connectivity index (χ3n) is 3.30. The van der Waals surface area contributed by atoms with Crippen molar-refractivity contribution in [2.24, 2.45) is 0 Å². The zero-order valence-electron chi connectivity index (χ0n) is 13.1. The molecule has 0 fully saturated rings. The number of nitrogens with one attached hydrogen (secondary N) is 2. The SMILES string of the molecule is C=CCNS(=O)(=O)c1cc(C(=O)NCc2ccccc2Cl)ccc1Cl. The topological polar surface area (TPSA) is 75.3 Å². The molecule has 0 unspecified atom stereocenters. The minimum Gasteiger partial charge on any atom is -0.348 e. The van der Waals surface area contributed by atoms with Crippen molar-refractivity contribution in [3.05, 3.63) is 76.3 Å². The highest BCUT2D eigenvalue weighted by atomic mass is 35.5. The summed E-state index contributed by atoms with van der Waals surface area (Å²) in [4.78, 5) is 12.1. The summed E-state index contributed by atoms with van der Waals surface area (Å²) >= 11 is 12.0. The average Bonchev–Trinajstić information content (AvgIpc) is 2.59. The Morgan fingerprint density at radius 2 is 1.84 bits per heavy atom. The molecule has 0 spiro atoms. The van der Waals surface area contributed by atoms with Crippen molar-refractivity contribution in [2.75, 3.05) is 6.54 Å². The predicted molar refractivity (Wildman–Crippen MR) is 99.5 cm³/mol. The number of benzene rings is 2. The van der Waals surface area contributed by atoms with Gasteiger partial charge in [-0.15, -0.1) is 6.58 Å². The number of sulfonamides is 1. The van der Waals surface area contributed by atoms with Crippen LogP contribution in [0.25, 0.3) is 0 Å². The number of hydrogen-bond acceptors (Lipinski definition) is 3. The number of halogens is 2. The molecule has 0 saturated heterocycles. The summed E-state index contributed by atoms with van der Waals surface area (Å²) in [5, 5.41) is 3.26. The van der Waals surface area contributed by atoms with E-state index in [0.717, 1.165) is 5.56 Å². The van der Waals surface area contributed by atoms with Gasteiger partial charge in [-0.2, -0.15) is 0 Å². The van der Waals surface area contributed by atoms with Gasteiger partial charge in [0.25, 0.3) is 5.91 Å². The van der Waals surface area contributed by atoms with Gasteiger partial charge in [0.1, 0.15) is 4.90 Å². The molecule has 2 aromatic rings. The fraction of sp³-hybridized carbons (Fsp3) is 0.118. The van der Waals surface area contributed by atoms with Gasteiger partial charge >= 0.3 is 0 Å². The molecule has 0 aliphatic carbocycles. The Labute approximate surface area is 156 Å². The summed E-state index contributed by atoms with van der Waals surface area (Å²) in [5.41, 5.74) is 0.933. The predicted octanol–water partition coefficient (Wildman–Crippen LogP) is 3.39. The maximum atomic E-state index is 12.3. The van der Waals surface area contributed by atoms with Crippen LogP contribution in [0, 0.1) is 0 Å². The van der Waals surface area contributed by atoms with E-state index < -0.39 is 15.9 Å². The molecule has 5 nitrogen and oxygen atoms in total. The summed E-state index contributed by atoms with van der Waals surface area (Å²) in [7, 11) is -3.84. The lowest BCUT2D eigenvalue weighted by Gasteiger charge is -2.10. The Balaban J connectivity index is 2.19. The molecular weight excluding hydrogens is 383 g/mol. The van der Waals surface area contributed by atoms with E-state index >= 15 is 0 Å². The first-order chi connectivity index (χ1) is 11.8. The van der Waals surface area contributed by atoms with Crippen LogP contribution in [0.2, 0.25) is 10.0 Å². The van der Waals surface area contributed by atoms with Gasteiger partial charge in [-0.3, -0.25) is 4.79 Å². The van der Waals surface area contributed by atoms with Crippen molar-refractivity contribution < 1.29 is 13.2 Å². The first kappa shape index (κ1) is 19.5. The third-order valence-corrected chi connectivity index (χ3v) is 5.57. The molecule has 2 N–H and O–H groups in total. The van der Waals surface area contributed by atoms with Crippen LogP contribution >= 0.6 is 23.2 Å². The molecule has 0 heterocycles. The van der Waals surface area contributed by atoms with Crippen LogP contribution < -0.4 is 10.0 Å². The molecule has 2 rings (SSSR count). The molecule has 0 aliphatic rings. The van der Waals surface area contributed by atoms with Crippen LogP contribution in [0.3, 0.4) is 0 Å². The summed E-state index contributed by atoms with van der Waals surface area (Å²) in [6, 6.07) is 11.2. The Morgan fingerprint density at radius 1 is 1.12 bits per heavy atom. The summed E-state index contributed by atoms with van der Waals surface area (Å²) < 4.78 is 26.8. The molecule has 132 valence electrons. The van der Waals surface area contributed by atoms with E-state index in [1.165, 1.54) is 24.3 Å². The molecule has 8 heteroatoms. The normalized spacial score (nSPS) is 11.1. The lowest BCUT2D eigenvalue weighted by Crippen LogP contribution is -2.26. The van der Waals surface area contributed by atoms with Crippen molar-refractivity contribution in [1.82, 2.24) is 10.0 Å². The number of rotatable bonds is 7. The van der Waals surface area contributed by atoms with Gasteiger partial charge in [-0.1, -0.05) is 47.5 Å². The molecule has 0 bridgehead atoms. The third kappa shape index (κ3) is 5.06. The second-order valence-corrected chi connectivity index (χ2v) is 7.61. The monoisotopic (exact) mass is 398 g/mol. The van der Waals surface area contributed by atoms with E-state index in [2.05, 4.69) is 16.6 Å². The van der Waals surface area contributed by atoms with Crippen molar-refractivity contribution in [2.45, 2.75) is 11.4 Å². The van der Waals surface area contributed by atoms with Crippen LogP contribution in [0.5, 0.6) is 0 Å². The molecule has 0 aliphatic heterocycles. The first-order valence-corrected chi connectivity index (χ1v) is 9.51. The van der Waals surface area contributed by atoms with Crippen molar-refractivity contribution in [3.8, 4) is 0 Å². The Bertz CT molecular complexity index is 899. The minimum atomic E-state index is -3.84. The smallest absolute Gasteiger partial charge is 0.251 e. The number of carbonyl (C=O) groups is 1. The van der Waals surface area contributed by atoms with Crippen LogP contribution in [-0.2, 0) is 16.6 Å². The van der Waals surface area contributed by atoms with E-state index in [-0.39, 0.29) is 28.6 Å². The molecule has 0 aromatic heterocycles. The van der Waals surface area contributed by atoms with E-state index in [4.69, 9.17) is 23.2 Å². The lowest BCUT2D eigenvalue weighted by molar-refractivity contribution is 0.0950. The first-order valence-electron chi connectivity index (χ1n) is 7.27. The highest BCUT2D eigenvalue weighted by Crippen LogP contribution is 2.23. The quantitative estimate of drug-likeness (QED) is 0.701. The van der Waals surface area contributed by atoms with Gasteiger partial charge in [0, 0.05) is 23.7 Å². The molecule has 0 atom stereocenters. The molecular formula is C17H16Cl2N2O3S. The maximum Gasteiger partial charge on any atom is 0.251 e. The fourth-order valence-electron chi connectivity index (χ4n) is 2.02. The minimum absolute atomic E-state index is 0.0271. The van der Waals surface area contributed by atoms with Crippen molar-refractivity contribution in [3.63, 3.8) is 0 Å². The van der Waals surface area contributed by atoms with Crippen molar-refractivity contribution >= 4 is 39.1 Å². The van der Waals surface area contributed by atoms with E-state index in [1.807, 2.05) is 6.07 Å². The standard InChI is InChI=1S/C17H16Cl2N2O3S/c1-2-9-21-25(23,24)16-10-12(7-8-15(16)19)17(22)20-11-13-5-3-4-6-14(13)18/h2-8,10,21H,1,9,11H2,(H,20,22). The van der Waals surface area contributed by atoms with Crippen LogP contribution in [0.4, 0.5) is 0 Å². The van der Waals surface area contributed by atoms with E-state index in [0.29, 0.717) is 5.02 Å². The van der Waals surface area contributed by atoms with Crippen LogP contribution in [0.1, 0.15) is 15.9 Å². The second kappa shape index (κ2) is 8.49. The highest BCUT2D eigenvalue weighted by Gasteiger charge is 2.19. The van der Waals surface area contributed by atoms with Gasteiger partial charge < -0.3 is 5.32 Å². The number of hydrogen-bond donors (Lipinski definition) is 2. The second-order valence-electron chi connectivity index (χ2n) is 5.06. The molecule has 2 aromatic carbocycles. The Hall–Kier alpha value is -1.86. The highest BCUT2D eigenvalue weighted by molar-refractivity contribution is 7.89. The summed E-state index contributed by atoms with van der Waals surface area (Å²) in [5.74, 6) is -0.434. The molecule has 1 amide bonds. The fourth-order valence-corrected chi connectivity index (χ4v) is 3.74. The summed E-state index contributed by atoms with van der Waals surface area (Å²) in [6.45, 7) is 3.73. The van der Waals surface area contributed by atoms with E-state index in [1.54, 1.807) is 18.2 Å². The molecule has 25 heavy (non-hydrogen) atoms. The molecule has 0 radical (unpaired) electrons.